The van der Waals surface area contributed by atoms with E-state index in [9.17, 15) is 0 Å². The van der Waals surface area contributed by atoms with Crippen LogP contribution in [0, 0.1) is 0 Å². The van der Waals surface area contributed by atoms with Gasteiger partial charge < -0.3 is 10.1 Å². The highest BCUT2D eigenvalue weighted by Gasteiger charge is 2.03. The second-order valence-corrected chi connectivity index (χ2v) is 3.45. The lowest BCUT2D eigenvalue weighted by Crippen LogP contribution is -2.28. The van der Waals surface area contributed by atoms with Crippen LogP contribution in [0.2, 0.25) is 0 Å². The van der Waals surface area contributed by atoms with Crippen LogP contribution in [0.15, 0.2) is 36.9 Å². The Morgan fingerprint density at radius 2 is 2.07 bits per heavy atom. The predicted octanol–water partition coefficient (Wildman–Crippen LogP) is 2.40. The Kier molecular flexibility index (Phi) is 4.91. The molecule has 82 valence electrons. The van der Waals surface area contributed by atoms with Crippen LogP contribution in [0.1, 0.15) is 12.5 Å². The fraction of sp³-hybridized carbons (Fsp3) is 0.385. The van der Waals surface area contributed by atoms with E-state index in [-0.39, 0.29) is 0 Å². The molecule has 1 N–H and O–H groups in total. The molecule has 0 aromatic heterocycles. The summed E-state index contributed by atoms with van der Waals surface area (Å²) in [4.78, 5) is 0. The SMILES string of the molecule is C=CC(Cc1ccc(OC)cc1)NCC. The third kappa shape index (κ3) is 3.76. The standard InChI is InChI=1S/C13H19NO/c1-4-12(14-5-2)10-11-6-8-13(15-3)9-7-11/h4,6-9,12,14H,1,5,10H2,2-3H3. The minimum Gasteiger partial charge on any atom is -0.497 e. The van der Waals surface area contributed by atoms with Gasteiger partial charge in [-0.2, -0.15) is 0 Å². The molecule has 1 rings (SSSR count). The maximum absolute atomic E-state index is 5.11. The van der Waals surface area contributed by atoms with Gasteiger partial charge in [0.2, 0.25) is 0 Å². The summed E-state index contributed by atoms with van der Waals surface area (Å²) in [6.45, 7) is 6.89. The molecule has 2 heteroatoms. The second-order valence-electron chi connectivity index (χ2n) is 3.45. The fourth-order valence-electron chi connectivity index (χ4n) is 1.52. The molecule has 1 aromatic carbocycles. The summed E-state index contributed by atoms with van der Waals surface area (Å²) in [5.41, 5.74) is 1.29. The zero-order valence-corrected chi connectivity index (χ0v) is 9.49. The number of hydrogen-bond donors (Lipinski definition) is 1. The molecule has 1 unspecified atom stereocenters. The average Bonchev–Trinajstić information content (AvgIpc) is 2.29. The highest BCUT2D eigenvalue weighted by atomic mass is 16.5. The van der Waals surface area contributed by atoms with Crippen LogP contribution in [-0.4, -0.2) is 19.7 Å². The van der Waals surface area contributed by atoms with E-state index in [1.54, 1.807) is 7.11 Å². The van der Waals surface area contributed by atoms with Gasteiger partial charge in [0.25, 0.3) is 0 Å². The third-order valence-electron chi connectivity index (χ3n) is 2.37. The number of hydrogen-bond acceptors (Lipinski definition) is 2. The van der Waals surface area contributed by atoms with Gasteiger partial charge in [-0.25, -0.2) is 0 Å². The Morgan fingerprint density at radius 1 is 1.40 bits per heavy atom. The molecule has 0 radical (unpaired) electrons. The van der Waals surface area contributed by atoms with Gasteiger partial charge in [0.05, 0.1) is 7.11 Å². The smallest absolute Gasteiger partial charge is 0.118 e. The Labute approximate surface area is 92.0 Å². The van der Waals surface area contributed by atoms with Crippen molar-refractivity contribution in [3.05, 3.63) is 42.5 Å². The summed E-state index contributed by atoms with van der Waals surface area (Å²) in [5.74, 6) is 0.900. The number of rotatable bonds is 6. The molecule has 0 aliphatic carbocycles. The van der Waals surface area contributed by atoms with Gasteiger partial charge >= 0.3 is 0 Å². The normalized spacial score (nSPS) is 12.1. The molecule has 0 saturated heterocycles. The van der Waals surface area contributed by atoms with Gasteiger partial charge in [0, 0.05) is 6.04 Å². The maximum Gasteiger partial charge on any atom is 0.118 e. The van der Waals surface area contributed by atoms with Crippen molar-refractivity contribution in [2.45, 2.75) is 19.4 Å². The van der Waals surface area contributed by atoms with Crippen molar-refractivity contribution in [1.82, 2.24) is 5.32 Å². The Morgan fingerprint density at radius 3 is 2.53 bits per heavy atom. The van der Waals surface area contributed by atoms with E-state index in [1.165, 1.54) is 5.56 Å². The van der Waals surface area contributed by atoms with Crippen molar-refractivity contribution in [2.75, 3.05) is 13.7 Å². The van der Waals surface area contributed by atoms with Crippen molar-refractivity contribution in [1.29, 1.82) is 0 Å². The summed E-state index contributed by atoms with van der Waals surface area (Å²) in [6, 6.07) is 8.51. The molecule has 0 aliphatic rings. The van der Waals surface area contributed by atoms with Crippen molar-refractivity contribution in [3.63, 3.8) is 0 Å². The van der Waals surface area contributed by atoms with Gasteiger partial charge in [0.15, 0.2) is 0 Å². The lowest BCUT2D eigenvalue weighted by Gasteiger charge is -2.13. The van der Waals surface area contributed by atoms with Crippen molar-refractivity contribution in [2.24, 2.45) is 0 Å². The van der Waals surface area contributed by atoms with Crippen LogP contribution >= 0.6 is 0 Å². The third-order valence-corrected chi connectivity index (χ3v) is 2.37. The van der Waals surface area contributed by atoms with E-state index >= 15 is 0 Å². The van der Waals surface area contributed by atoms with Crippen LogP contribution < -0.4 is 10.1 Å². The van der Waals surface area contributed by atoms with Gasteiger partial charge in [-0.05, 0) is 30.7 Å². The zero-order valence-electron chi connectivity index (χ0n) is 9.49. The van der Waals surface area contributed by atoms with E-state index in [0.717, 1.165) is 18.7 Å². The minimum atomic E-state index is 0.350. The number of ether oxygens (including phenoxy) is 1. The van der Waals surface area contributed by atoms with E-state index in [1.807, 2.05) is 18.2 Å². The molecule has 0 spiro atoms. The van der Waals surface area contributed by atoms with Crippen LogP contribution in [0.5, 0.6) is 5.75 Å². The monoisotopic (exact) mass is 205 g/mol. The molecule has 15 heavy (non-hydrogen) atoms. The highest BCUT2D eigenvalue weighted by Crippen LogP contribution is 2.12. The van der Waals surface area contributed by atoms with Gasteiger partial charge in [-0.15, -0.1) is 6.58 Å². The molecule has 0 saturated carbocycles. The minimum absolute atomic E-state index is 0.350. The molecule has 0 fully saturated rings. The van der Waals surface area contributed by atoms with Crippen molar-refractivity contribution in [3.8, 4) is 5.75 Å². The summed E-state index contributed by atoms with van der Waals surface area (Å²) in [7, 11) is 1.68. The molecule has 2 nitrogen and oxygen atoms in total. The van der Waals surface area contributed by atoms with E-state index < -0.39 is 0 Å². The fourth-order valence-corrected chi connectivity index (χ4v) is 1.52. The van der Waals surface area contributed by atoms with Gasteiger partial charge in [-0.1, -0.05) is 25.1 Å². The van der Waals surface area contributed by atoms with E-state index in [2.05, 4.69) is 31.0 Å². The summed E-state index contributed by atoms with van der Waals surface area (Å²) >= 11 is 0. The lowest BCUT2D eigenvalue weighted by atomic mass is 10.1. The number of nitrogens with one attached hydrogen (secondary N) is 1. The zero-order chi connectivity index (χ0) is 11.1. The number of likely N-dealkylation sites (N-methyl/N-ethyl adjacent to an activating group) is 1. The summed E-state index contributed by atoms with van der Waals surface area (Å²) in [6.07, 6.45) is 2.93. The number of benzene rings is 1. The largest absolute Gasteiger partial charge is 0.497 e. The van der Waals surface area contributed by atoms with Crippen molar-refractivity contribution < 1.29 is 4.74 Å². The molecule has 0 aliphatic heterocycles. The average molecular weight is 205 g/mol. The maximum atomic E-state index is 5.11. The first kappa shape index (κ1) is 11.8. The van der Waals surface area contributed by atoms with Crippen LogP contribution in [0.25, 0.3) is 0 Å². The topological polar surface area (TPSA) is 21.3 Å². The molecule has 0 amide bonds. The molecule has 1 atom stereocenters. The quantitative estimate of drug-likeness (QED) is 0.720. The predicted molar refractivity (Wildman–Crippen MR) is 64.4 cm³/mol. The van der Waals surface area contributed by atoms with Crippen molar-refractivity contribution >= 4 is 0 Å². The van der Waals surface area contributed by atoms with Gasteiger partial charge in [0.1, 0.15) is 5.75 Å². The molecular formula is C13H19NO. The lowest BCUT2D eigenvalue weighted by molar-refractivity contribution is 0.414. The molecular weight excluding hydrogens is 186 g/mol. The highest BCUT2D eigenvalue weighted by molar-refractivity contribution is 5.28. The van der Waals surface area contributed by atoms with Crippen LogP contribution in [-0.2, 0) is 6.42 Å². The Balaban J connectivity index is 2.58. The van der Waals surface area contributed by atoms with Crippen LogP contribution in [0.4, 0.5) is 0 Å². The second kappa shape index (κ2) is 6.25. The first-order chi connectivity index (χ1) is 7.30. The van der Waals surface area contributed by atoms with E-state index in [0.29, 0.717) is 6.04 Å². The number of methoxy groups -OCH3 is 1. The van der Waals surface area contributed by atoms with Gasteiger partial charge in [-0.3, -0.25) is 0 Å². The van der Waals surface area contributed by atoms with Crippen LogP contribution in [0.3, 0.4) is 0 Å². The Hall–Kier alpha value is -1.28. The summed E-state index contributed by atoms with van der Waals surface area (Å²) < 4.78 is 5.11. The molecule has 0 bridgehead atoms. The molecule has 0 heterocycles. The van der Waals surface area contributed by atoms with E-state index in [4.69, 9.17) is 4.74 Å². The summed E-state index contributed by atoms with van der Waals surface area (Å²) in [5, 5.41) is 3.36. The Bertz CT molecular complexity index is 292. The molecule has 1 aromatic rings. The first-order valence-electron chi connectivity index (χ1n) is 5.29. The first-order valence-corrected chi connectivity index (χ1v) is 5.29.